The van der Waals surface area contributed by atoms with Crippen LogP contribution in [-0.4, -0.2) is 61.3 Å². The molecule has 6 heteroatoms. The summed E-state index contributed by atoms with van der Waals surface area (Å²) in [5.41, 5.74) is 3.84. The summed E-state index contributed by atoms with van der Waals surface area (Å²) < 4.78 is 5.51. The Bertz CT molecular complexity index is 775. The van der Waals surface area contributed by atoms with E-state index in [2.05, 4.69) is 62.9 Å². The van der Waals surface area contributed by atoms with Crippen LogP contribution in [0.15, 0.2) is 36.7 Å². The Labute approximate surface area is 174 Å². The highest BCUT2D eigenvalue weighted by molar-refractivity contribution is 5.54. The van der Waals surface area contributed by atoms with Gasteiger partial charge in [-0.2, -0.15) is 0 Å². The van der Waals surface area contributed by atoms with Crippen LogP contribution in [0.1, 0.15) is 30.9 Å². The van der Waals surface area contributed by atoms with E-state index >= 15 is 0 Å². The molecule has 3 heterocycles. The Balaban J connectivity index is 1.37. The summed E-state index contributed by atoms with van der Waals surface area (Å²) in [6, 6.07) is 8.72. The number of ether oxygens (including phenoxy) is 1. The number of morpholine rings is 1. The summed E-state index contributed by atoms with van der Waals surface area (Å²) in [6.45, 7) is 9.74. The lowest BCUT2D eigenvalue weighted by Gasteiger charge is -2.31. The third kappa shape index (κ3) is 5.25. The molecular formula is C23H33N5O. The molecule has 4 rings (SSSR count). The monoisotopic (exact) mass is 395 g/mol. The zero-order valence-corrected chi connectivity index (χ0v) is 17.8. The SMILES string of the molecule is CC1CCCN(c2ncc(CN(C)Cc3ccccc3N3CCOCC3)cn2)C1. The summed E-state index contributed by atoms with van der Waals surface area (Å²) in [7, 11) is 2.16. The van der Waals surface area contributed by atoms with Gasteiger partial charge >= 0.3 is 0 Å². The van der Waals surface area contributed by atoms with Crippen molar-refractivity contribution < 1.29 is 4.74 Å². The maximum absolute atomic E-state index is 5.51. The van der Waals surface area contributed by atoms with Crippen molar-refractivity contribution in [3.05, 3.63) is 47.8 Å². The molecule has 0 spiro atoms. The lowest BCUT2D eigenvalue weighted by Crippen LogP contribution is -2.37. The minimum absolute atomic E-state index is 0.727. The van der Waals surface area contributed by atoms with Crippen LogP contribution in [0.5, 0.6) is 0 Å². The van der Waals surface area contributed by atoms with Gasteiger partial charge in [-0.1, -0.05) is 25.1 Å². The Morgan fingerprint density at radius 3 is 2.55 bits per heavy atom. The molecule has 1 aromatic heterocycles. The average molecular weight is 396 g/mol. The quantitative estimate of drug-likeness (QED) is 0.749. The average Bonchev–Trinajstić information content (AvgIpc) is 2.75. The van der Waals surface area contributed by atoms with Crippen LogP contribution in [0.25, 0.3) is 0 Å². The third-order valence-corrected chi connectivity index (χ3v) is 5.87. The number of rotatable bonds is 6. The first kappa shape index (κ1) is 20.1. The predicted octanol–water partition coefficient (Wildman–Crippen LogP) is 3.18. The van der Waals surface area contributed by atoms with Crippen molar-refractivity contribution in [3.8, 4) is 0 Å². The minimum atomic E-state index is 0.727. The van der Waals surface area contributed by atoms with Crippen LogP contribution >= 0.6 is 0 Å². The highest BCUT2D eigenvalue weighted by atomic mass is 16.5. The van der Waals surface area contributed by atoms with E-state index < -0.39 is 0 Å². The number of hydrogen-bond acceptors (Lipinski definition) is 6. The summed E-state index contributed by atoms with van der Waals surface area (Å²) in [4.78, 5) is 16.4. The van der Waals surface area contributed by atoms with Gasteiger partial charge < -0.3 is 14.5 Å². The molecule has 0 aliphatic carbocycles. The van der Waals surface area contributed by atoms with Crippen molar-refractivity contribution in [3.63, 3.8) is 0 Å². The number of benzene rings is 1. The van der Waals surface area contributed by atoms with Crippen LogP contribution in [0.4, 0.5) is 11.6 Å². The van der Waals surface area contributed by atoms with E-state index in [1.807, 2.05) is 12.4 Å². The number of anilines is 2. The van der Waals surface area contributed by atoms with Crippen molar-refractivity contribution in [1.82, 2.24) is 14.9 Å². The Kier molecular flexibility index (Phi) is 6.62. The lowest BCUT2D eigenvalue weighted by atomic mass is 10.0. The Morgan fingerprint density at radius 1 is 1.03 bits per heavy atom. The van der Waals surface area contributed by atoms with Gasteiger partial charge in [0, 0.05) is 62.9 Å². The standard InChI is InChI=1S/C23H33N5O/c1-19-6-5-9-28(16-19)23-24-14-20(15-25-23)17-26(2)18-21-7-3-4-8-22(21)27-10-12-29-13-11-27/h3-4,7-8,14-15,19H,5-6,9-13,16-18H2,1-2H3. The molecule has 2 aromatic rings. The molecular weight excluding hydrogens is 362 g/mol. The van der Waals surface area contributed by atoms with Gasteiger partial charge in [0.15, 0.2) is 0 Å². The van der Waals surface area contributed by atoms with Gasteiger partial charge in [0.25, 0.3) is 0 Å². The van der Waals surface area contributed by atoms with Gasteiger partial charge in [-0.05, 0) is 37.4 Å². The molecule has 1 unspecified atom stereocenters. The summed E-state index contributed by atoms with van der Waals surface area (Å²) >= 11 is 0. The minimum Gasteiger partial charge on any atom is -0.378 e. The lowest BCUT2D eigenvalue weighted by molar-refractivity contribution is 0.122. The van der Waals surface area contributed by atoms with E-state index in [1.165, 1.54) is 24.1 Å². The largest absolute Gasteiger partial charge is 0.378 e. The number of nitrogens with zero attached hydrogens (tertiary/aromatic N) is 5. The van der Waals surface area contributed by atoms with E-state index in [1.54, 1.807) is 0 Å². The fourth-order valence-electron chi connectivity index (χ4n) is 4.38. The highest BCUT2D eigenvalue weighted by Crippen LogP contribution is 2.23. The second kappa shape index (κ2) is 9.55. The smallest absolute Gasteiger partial charge is 0.225 e. The molecule has 0 bridgehead atoms. The normalized spacial score (nSPS) is 20.3. The number of piperidine rings is 1. The second-order valence-corrected chi connectivity index (χ2v) is 8.49. The molecule has 0 N–H and O–H groups in total. The fraction of sp³-hybridized carbons (Fsp3) is 0.565. The maximum Gasteiger partial charge on any atom is 0.225 e. The van der Waals surface area contributed by atoms with E-state index in [0.29, 0.717) is 0 Å². The van der Waals surface area contributed by atoms with E-state index in [9.17, 15) is 0 Å². The molecule has 0 saturated carbocycles. The first-order chi connectivity index (χ1) is 14.2. The maximum atomic E-state index is 5.51. The number of para-hydroxylation sites is 1. The zero-order chi connectivity index (χ0) is 20.1. The van der Waals surface area contributed by atoms with Gasteiger partial charge in [0.1, 0.15) is 0 Å². The second-order valence-electron chi connectivity index (χ2n) is 8.49. The van der Waals surface area contributed by atoms with Gasteiger partial charge in [0.05, 0.1) is 13.2 Å². The predicted molar refractivity (Wildman–Crippen MR) is 117 cm³/mol. The Hall–Kier alpha value is -2.18. The van der Waals surface area contributed by atoms with Gasteiger partial charge in [-0.15, -0.1) is 0 Å². The molecule has 1 aromatic carbocycles. The molecule has 29 heavy (non-hydrogen) atoms. The molecule has 6 nitrogen and oxygen atoms in total. The van der Waals surface area contributed by atoms with E-state index in [-0.39, 0.29) is 0 Å². The molecule has 0 radical (unpaired) electrons. The van der Waals surface area contributed by atoms with Crippen molar-refractivity contribution in [2.75, 3.05) is 56.2 Å². The van der Waals surface area contributed by atoms with Crippen molar-refractivity contribution >= 4 is 11.6 Å². The topological polar surface area (TPSA) is 44.7 Å². The number of aromatic nitrogens is 2. The van der Waals surface area contributed by atoms with Gasteiger partial charge in [0.2, 0.25) is 5.95 Å². The van der Waals surface area contributed by atoms with Crippen LogP contribution in [0.3, 0.4) is 0 Å². The van der Waals surface area contributed by atoms with E-state index in [4.69, 9.17) is 4.74 Å². The van der Waals surface area contributed by atoms with Gasteiger partial charge in [-0.3, -0.25) is 4.90 Å². The summed E-state index contributed by atoms with van der Waals surface area (Å²) in [5, 5.41) is 0. The molecule has 1 atom stereocenters. The zero-order valence-electron chi connectivity index (χ0n) is 17.8. The first-order valence-electron chi connectivity index (χ1n) is 10.8. The van der Waals surface area contributed by atoms with Crippen molar-refractivity contribution in [1.29, 1.82) is 0 Å². The Morgan fingerprint density at radius 2 is 1.79 bits per heavy atom. The van der Waals surface area contributed by atoms with Crippen molar-refractivity contribution in [2.24, 2.45) is 5.92 Å². The fourth-order valence-corrected chi connectivity index (χ4v) is 4.38. The summed E-state index contributed by atoms with van der Waals surface area (Å²) in [5.74, 6) is 1.60. The van der Waals surface area contributed by atoms with Crippen LogP contribution in [-0.2, 0) is 17.8 Å². The molecule has 156 valence electrons. The van der Waals surface area contributed by atoms with E-state index in [0.717, 1.165) is 69.9 Å². The number of hydrogen-bond donors (Lipinski definition) is 0. The molecule has 2 aliphatic rings. The molecule has 2 saturated heterocycles. The first-order valence-corrected chi connectivity index (χ1v) is 10.8. The summed E-state index contributed by atoms with van der Waals surface area (Å²) in [6.07, 6.45) is 6.53. The molecule has 2 fully saturated rings. The molecule has 0 amide bonds. The van der Waals surface area contributed by atoms with Crippen LogP contribution < -0.4 is 9.80 Å². The molecule has 2 aliphatic heterocycles. The van der Waals surface area contributed by atoms with Crippen LogP contribution in [0.2, 0.25) is 0 Å². The van der Waals surface area contributed by atoms with Crippen LogP contribution in [0, 0.1) is 5.92 Å². The van der Waals surface area contributed by atoms with Crippen molar-refractivity contribution in [2.45, 2.75) is 32.9 Å². The third-order valence-electron chi connectivity index (χ3n) is 5.87. The van der Waals surface area contributed by atoms with Gasteiger partial charge in [-0.25, -0.2) is 9.97 Å². The highest BCUT2D eigenvalue weighted by Gasteiger charge is 2.19.